The molecule has 11 heteroatoms. The molecule has 1 saturated heterocycles. The largest absolute Gasteiger partial charge is 0.369 e. The molecule has 1 fully saturated rings. The van der Waals surface area contributed by atoms with E-state index in [4.69, 9.17) is 10.5 Å². The lowest BCUT2D eigenvalue weighted by Crippen LogP contribution is -2.32. The van der Waals surface area contributed by atoms with Gasteiger partial charge in [-0.05, 0) is 44.1 Å². The molecule has 9 nitrogen and oxygen atoms in total. The van der Waals surface area contributed by atoms with Gasteiger partial charge in [-0.15, -0.1) is 11.3 Å². The van der Waals surface area contributed by atoms with Crippen LogP contribution in [0.25, 0.3) is 5.13 Å². The van der Waals surface area contributed by atoms with Crippen LogP contribution in [-0.2, 0) is 24.6 Å². The topological polar surface area (TPSA) is 113 Å². The van der Waals surface area contributed by atoms with Crippen LogP contribution in [0.5, 0.6) is 0 Å². The summed E-state index contributed by atoms with van der Waals surface area (Å²) < 4.78 is 23.1. The van der Waals surface area contributed by atoms with Gasteiger partial charge < -0.3 is 15.8 Å². The number of nitrogens with zero attached hydrogens (tertiary/aromatic N) is 5. The van der Waals surface area contributed by atoms with E-state index >= 15 is 0 Å². The molecule has 0 aromatic carbocycles. The number of hydrogen-bond donors (Lipinski definition) is 2. The van der Waals surface area contributed by atoms with E-state index in [1.165, 1.54) is 23.3 Å². The van der Waals surface area contributed by atoms with Crippen LogP contribution in [0.1, 0.15) is 59.2 Å². The third kappa shape index (κ3) is 4.07. The summed E-state index contributed by atoms with van der Waals surface area (Å²) in [7, 11) is 1.77. The number of aromatic nitrogens is 5. The zero-order valence-electron chi connectivity index (χ0n) is 17.8. The van der Waals surface area contributed by atoms with Crippen molar-refractivity contribution in [1.82, 2.24) is 24.5 Å². The summed E-state index contributed by atoms with van der Waals surface area (Å²) in [6.45, 7) is -0.0757. The van der Waals surface area contributed by atoms with Crippen LogP contribution in [0.3, 0.4) is 0 Å². The Bertz CT molecular complexity index is 1090. The lowest BCUT2D eigenvalue weighted by atomic mass is 9.99. The van der Waals surface area contributed by atoms with E-state index in [1.807, 2.05) is 6.20 Å². The fourth-order valence-corrected chi connectivity index (χ4v) is 5.04. The van der Waals surface area contributed by atoms with Gasteiger partial charge in [0.15, 0.2) is 0 Å². The van der Waals surface area contributed by atoms with Crippen LogP contribution in [0, 0.1) is 0 Å². The fourth-order valence-electron chi connectivity index (χ4n) is 4.31. The van der Waals surface area contributed by atoms with Crippen molar-refractivity contribution in [3.63, 3.8) is 0 Å². The van der Waals surface area contributed by atoms with Gasteiger partial charge in [0, 0.05) is 24.7 Å². The Hall–Kier alpha value is -2.63. The molecule has 3 aromatic heterocycles. The number of rotatable bonds is 4. The molecule has 170 valence electrons. The van der Waals surface area contributed by atoms with E-state index in [-0.39, 0.29) is 12.5 Å². The average molecular weight is 460 g/mol. The number of carbonyl (C=O) groups excluding carboxylic acids is 1. The van der Waals surface area contributed by atoms with E-state index in [9.17, 15) is 9.18 Å². The first-order valence-corrected chi connectivity index (χ1v) is 11.8. The second kappa shape index (κ2) is 8.72. The highest BCUT2D eigenvalue weighted by atomic mass is 32.1. The lowest BCUT2D eigenvalue weighted by molar-refractivity contribution is 0.0247. The highest BCUT2D eigenvalue weighted by Crippen LogP contribution is 2.32. The molecular weight excluding hydrogens is 433 g/mol. The predicted molar refractivity (Wildman–Crippen MR) is 118 cm³/mol. The molecule has 0 radical (unpaired) electrons. The van der Waals surface area contributed by atoms with Crippen LogP contribution in [0.2, 0.25) is 0 Å². The number of fused-ring (bicyclic) bond motifs is 1. The third-order valence-corrected chi connectivity index (χ3v) is 6.96. The van der Waals surface area contributed by atoms with Crippen LogP contribution in [0.4, 0.5) is 10.1 Å². The normalized spacial score (nSPS) is 23.5. The molecule has 1 aliphatic carbocycles. The molecule has 0 bridgehead atoms. The minimum atomic E-state index is -1.20. The number of halogens is 1. The smallest absolute Gasteiger partial charge is 0.275 e. The minimum Gasteiger partial charge on any atom is -0.369 e. The third-order valence-electron chi connectivity index (χ3n) is 6.13. The molecule has 1 amide bonds. The molecule has 3 aromatic rings. The highest BCUT2D eigenvalue weighted by molar-refractivity contribution is 7.12. The molecule has 0 unspecified atom stereocenters. The molecule has 2 aliphatic rings. The number of aryl methyl sites for hydroxylation is 3. The number of nitrogens with one attached hydrogen (secondary N) is 1. The molecule has 3 atom stereocenters. The van der Waals surface area contributed by atoms with Gasteiger partial charge in [-0.1, -0.05) is 0 Å². The monoisotopic (exact) mass is 459 g/mol. The zero-order chi connectivity index (χ0) is 22.2. The number of amides is 1. The Morgan fingerprint density at radius 2 is 2.19 bits per heavy atom. The van der Waals surface area contributed by atoms with Crippen LogP contribution in [0.15, 0.2) is 17.8 Å². The van der Waals surface area contributed by atoms with Crippen molar-refractivity contribution in [1.29, 1.82) is 0 Å². The average Bonchev–Trinajstić information content (AvgIpc) is 3.49. The maximum atomic E-state index is 13.9. The van der Waals surface area contributed by atoms with Gasteiger partial charge in [-0.25, -0.2) is 14.1 Å². The van der Waals surface area contributed by atoms with E-state index in [0.717, 1.165) is 25.0 Å². The molecule has 1 aliphatic heterocycles. The minimum absolute atomic E-state index is 0.0757. The fraction of sp³-hybridized carbons (Fsp3) is 0.524. The lowest BCUT2D eigenvalue weighted by Gasteiger charge is -2.17. The highest BCUT2D eigenvalue weighted by Gasteiger charge is 2.30. The molecule has 4 heterocycles. The van der Waals surface area contributed by atoms with E-state index in [2.05, 4.69) is 20.5 Å². The van der Waals surface area contributed by atoms with Gasteiger partial charge in [-0.2, -0.15) is 10.2 Å². The summed E-state index contributed by atoms with van der Waals surface area (Å²) in [6, 6.07) is -0.548. The van der Waals surface area contributed by atoms with Crippen molar-refractivity contribution in [2.24, 2.45) is 12.8 Å². The molecule has 5 rings (SSSR count). The summed E-state index contributed by atoms with van der Waals surface area (Å²) in [4.78, 5) is 17.4. The number of hydrogen-bond acceptors (Lipinski definition) is 7. The van der Waals surface area contributed by atoms with Crippen molar-refractivity contribution >= 4 is 22.9 Å². The van der Waals surface area contributed by atoms with Gasteiger partial charge >= 0.3 is 0 Å². The number of alkyl halides is 1. The van der Waals surface area contributed by atoms with Gasteiger partial charge in [0.25, 0.3) is 5.91 Å². The SMILES string of the molecule is Cn1ncc(NC(=O)c2csc(-n3cc4c(n3)CCCC4)n2)c1[C@@H]1CC[C@@H](N)[C@H](F)CO1. The number of anilines is 1. The van der Waals surface area contributed by atoms with E-state index in [0.29, 0.717) is 35.0 Å². The summed E-state index contributed by atoms with van der Waals surface area (Å²) in [5.41, 5.74) is 9.75. The van der Waals surface area contributed by atoms with Crippen molar-refractivity contribution in [3.8, 4) is 5.13 Å². The number of thiazole rings is 1. The second-order valence-electron chi connectivity index (χ2n) is 8.37. The van der Waals surface area contributed by atoms with Crippen LogP contribution in [-0.4, -0.2) is 49.3 Å². The summed E-state index contributed by atoms with van der Waals surface area (Å²) in [5.74, 6) is -0.340. The zero-order valence-corrected chi connectivity index (χ0v) is 18.6. The first-order chi connectivity index (χ1) is 15.5. The Balaban J connectivity index is 1.32. The van der Waals surface area contributed by atoms with Gasteiger partial charge in [0.05, 0.1) is 29.9 Å². The van der Waals surface area contributed by atoms with Gasteiger partial charge in [-0.3, -0.25) is 9.48 Å². The number of ether oxygens (including phenoxy) is 1. The maximum absolute atomic E-state index is 13.9. The van der Waals surface area contributed by atoms with Gasteiger partial charge in [0.2, 0.25) is 5.13 Å². The summed E-state index contributed by atoms with van der Waals surface area (Å²) in [5, 5.41) is 14.2. The maximum Gasteiger partial charge on any atom is 0.275 e. The number of nitrogens with two attached hydrogens (primary N) is 1. The predicted octanol–water partition coefficient (Wildman–Crippen LogP) is 2.71. The molecule has 3 N–H and O–H groups in total. The van der Waals surface area contributed by atoms with Crippen LogP contribution < -0.4 is 11.1 Å². The van der Waals surface area contributed by atoms with Gasteiger partial charge in [0.1, 0.15) is 18.0 Å². The van der Waals surface area contributed by atoms with Crippen molar-refractivity contribution in [2.75, 3.05) is 11.9 Å². The Kier molecular flexibility index (Phi) is 5.78. The van der Waals surface area contributed by atoms with E-state index in [1.54, 1.807) is 28.0 Å². The van der Waals surface area contributed by atoms with E-state index < -0.39 is 18.3 Å². The van der Waals surface area contributed by atoms with Crippen molar-refractivity contribution < 1.29 is 13.9 Å². The number of carbonyl (C=O) groups is 1. The van der Waals surface area contributed by atoms with Crippen molar-refractivity contribution in [3.05, 3.63) is 40.4 Å². The van der Waals surface area contributed by atoms with Crippen LogP contribution >= 0.6 is 11.3 Å². The Morgan fingerprint density at radius 3 is 3.03 bits per heavy atom. The summed E-state index contributed by atoms with van der Waals surface area (Å²) in [6.07, 6.45) is 7.40. The second-order valence-corrected chi connectivity index (χ2v) is 9.20. The molecule has 0 saturated carbocycles. The Morgan fingerprint density at radius 1 is 1.34 bits per heavy atom. The first-order valence-electron chi connectivity index (χ1n) is 10.9. The Labute approximate surface area is 188 Å². The molecule has 0 spiro atoms. The standard InChI is InChI=1S/C21H26FN7O2S/c1-28-19(18-7-6-14(23)13(22)10-31-18)16(8-24-28)25-20(30)17-11-32-21(26-17)29-9-12-4-2-3-5-15(12)27-29/h8-9,11,13-14,18H,2-7,10,23H2,1H3,(H,25,30)/t13-,14-,18+/m1/s1. The summed E-state index contributed by atoms with van der Waals surface area (Å²) >= 11 is 1.37. The quantitative estimate of drug-likeness (QED) is 0.620. The van der Waals surface area contributed by atoms with Crippen molar-refractivity contribution in [2.45, 2.75) is 56.8 Å². The first kappa shape index (κ1) is 21.2. The molecular formula is C21H26FN7O2S. The molecule has 32 heavy (non-hydrogen) atoms.